The lowest BCUT2D eigenvalue weighted by Crippen LogP contribution is -2.06. The number of carbonyl (C=O) groups excluding carboxylic acids is 1. The summed E-state index contributed by atoms with van der Waals surface area (Å²) in [6.45, 7) is 0.310. The number of halogens is 1. The zero-order chi connectivity index (χ0) is 14.7. The maximum atomic E-state index is 11.0. The summed E-state index contributed by atoms with van der Waals surface area (Å²) in [5.41, 5.74) is 1.30. The van der Waals surface area contributed by atoms with Gasteiger partial charge in [-0.3, -0.25) is 9.48 Å². The van der Waals surface area contributed by atoms with Crippen molar-refractivity contribution in [2.75, 3.05) is 0 Å². The van der Waals surface area contributed by atoms with Crippen molar-refractivity contribution in [3.63, 3.8) is 0 Å². The maximum Gasteiger partial charge on any atom is 0.153 e. The van der Waals surface area contributed by atoms with E-state index >= 15 is 0 Å². The summed E-state index contributed by atoms with van der Waals surface area (Å²) >= 11 is 6.07. The molecule has 0 spiro atoms. The van der Waals surface area contributed by atoms with Crippen molar-refractivity contribution in [3.8, 4) is 5.75 Å². The summed E-state index contributed by atoms with van der Waals surface area (Å²) in [5, 5.41) is 4.99. The van der Waals surface area contributed by atoms with Gasteiger partial charge in [0, 0.05) is 6.20 Å². The molecule has 1 saturated carbocycles. The minimum Gasteiger partial charge on any atom is -0.485 e. The van der Waals surface area contributed by atoms with Gasteiger partial charge in [0.15, 0.2) is 6.29 Å². The highest BCUT2D eigenvalue weighted by Gasteiger charge is 2.17. The highest BCUT2D eigenvalue weighted by Crippen LogP contribution is 2.30. The number of aldehydes is 1. The van der Waals surface area contributed by atoms with Crippen LogP contribution >= 0.6 is 11.6 Å². The summed E-state index contributed by atoms with van der Waals surface area (Å²) < 4.78 is 7.71. The molecule has 0 aliphatic heterocycles. The topological polar surface area (TPSA) is 44.1 Å². The molecule has 0 atom stereocenters. The molecule has 1 aromatic carbocycles. The Kier molecular flexibility index (Phi) is 4.25. The fourth-order valence-electron chi connectivity index (χ4n) is 2.74. The van der Waals surface area contributed by atoms with Crippen molar-refractivity contribution >= 4 is 17.9 Å². The lowest BCUT2D eigenvalue weighted by Gasteiger charge is -2.10. The second-order valence-corrected chi connectivity index (χ2v) is 5.70. The third-order valence-corrected chi connectivity index (χ3v) is 4.15. The Labute approximate surface area is 128 Å². The highest BCUT2D eigenvalue weighted by molar-refractivity contribution is 6.32. The Morgan fingerprint density at radius 2 is 2.14 bits per heavy atom. The third-order valence-electron chi connectivity index (χ3n) is 3.85. The molecule has 0 amide bonds. The van der Waals surface area contributed by atoms with Crippen molar-refractivity contribution in [1.82, 2.24) is 9.78 Å². The summed E-state index contributed by atoms with van der Waals surface area (Å²) in [6.07, 6.45) is 7.70. The molecule has 0 bridgehead atoms. The van der Waals surface area contributed by atoms with Gasteiger partial charge in [-0.05, 0) is 31.0 Å². The normalized spacial score (nSPS) is 15.3. The first kappa shape index (κ1) is 14.1. The van der Waals surface area contributed by atoms with Crippen LogP contribution in [0.4, 0.5) is 0 Å². The van der Waals surface area contributed by atoms with Crippen molar-refractivity contribution in [2.24, 2.45) is 0 Å². The molecule has 3 rings (SSSR count). The minimum atomic E-state index is 0.310. The van der Waals surface area contributed by atoms with E-state index in [4.69, 9.17) is 16.3 Å². The number of carbonyl (C=O) groups is 1. The van der Waals surface area contributed by atoms with E-state index in [-0.39, 0.29) is 0 Å². The molecule has 4 nitrogen and oxygen atoms in total. The molecule has 0 saturated heterocycles. The summed E-state index contributed by atoms with van der Waals surface area (Å²) in [4.78, 5) is 11.0. The zero-order valence-corrected chi connectivity index (χ0v) is 12.4. The molecule has 110 valence electrons. The van der Waals surface area contributed by atoms with Crippen LogP contribution < -0.4 is 4.74 Å². The molecule has 1 aliphatic rings. The molecule has 21 heavy (non-hydrogen) atoms. The van der Waals surface area contributed by atoms with Crippen LogP contribution in [0.1, 0.15) is 47.8 Å². The van der Waals surface area contributed by atoms with Crippen molar-refractivity contribution in [3.05, 3.63) is 46.7 Å². The first-order valence-corrected chi connectivity index (χ1v) is 7.56. The molecule has 2 aromatic rings. The Balaban J connectivity index is 1.69. The SMILES string of the molecule is O=Cc1cccc(Cl)c1OCc1ccn(C2CCCC2)n1. The molecule has 1 fully saturated rings. The Morgan fingerprint density at radius 3 is 2.90 bits per heavy atom. The Morgan fingerprint density at radius 1 is 1.33 bits per heavy atom. The van der Waals surface area contributed by atoms with Crippen LogP contribution in [0.2, 0.25) is 5.02 Å². The number of ether oxygens (including phenoxy) is 1. The molecule has 1 aliphatic carbocycles. The lowest BCUT2D eigenvalue weighted by atomic mass is 10.2. The average Bonchev–Trinajstić information content (AvgIpc) is 3.16. The number of aromatic nitrogens is 2. The van der Waals surface area contributed by atoms with Crippen LogP contribution in [0.15, 0.2) is 30.5 Å². The van der Waals surface area contributed by atoms with Crippen LogP contribution in [0.25, 0.3) is 0 Å². The van der Waals surface area contributed by atoms with Gasteiger partial charge in [-0.2, -0.15) is 5.10 Å². The Bertz CT molecular complexity index is 633. The van der Waals surface area contributed by atoms with E-state index < -0.39 is 0 Å². The van der Waals surface area contributed by atoms with Gasteiger partial charge in [-0.15, -0.1) is 0 Å². The van der Waals surface area contributed by atoms with Crippen molar-refractivity contribution in [1.29, 1.82) is 0 Å². The fraction of sp³-hybridized carbons (Fsp3) is 0.375. The first-order valence-electron chi connectivity index (χ1n) is 7.18. The lowest BCUT2D eigenvalue weighted by molar-refractivity contribution is 0.111. The standard InChI is InChI=1S/C16H17ClN2O2/c17-15-7-3-4-12(10-20)16(15)21-11-13-8-9-19(18-13)14-5-1-2-6-14/h3-4,7-10,14H,1-2,5-6,11H2. The van der Waals surface area contributed by atoms with Gasteiger partial charge in [0.05, 0.1) is 22.3 Å². The van der Waals surface area contributed by atoms with Gasteiger partial charge in [-0.1, -0.05) is 30.5 Å². The predicted octanol–water partition coefficient (Wildman–Crippen LogP) is 4.04. The van der Waals surface area contributed by atoms with Crippen molar-refractivity contribution < 1.29 is 9.53 Å². The maximum absolute atomic E-state index is 11.0. The number of benzene rings is 1. The zero-order valence-electron chi connectivity index (χ0n) is 11.7. The van der Waals surface area contributed by atoms with E-state index in [0.717, 1.165) is 12.0 Å². The predicted molar refractivity (Wildman–Crippen MR) is 80.9 cm³/mol. The summed E-state index contributed by atoms with van der Waals surface area (Å²) in [5.74, 6) is 0.421. The molecule has 5 heteroatoms. The fourth-order valence-corrected chi connectivity index (χ4v) is 2.98. The largest absolute Gasteiger partial charge is 0.485 e. The second kappa shape index (κ2) is 6.31. The number of hydrogen-bond acceptors (Lipinski definition) is 3. The summed E-state index contributed by atoms with van der Waals surface area (Å²) in [7, 11) is 0. The monoisotopic (exact) mass is 304 g/mol. The van der Waals surface area contributed by atoms with E-state index in [9.17, 15) is 4.79 Å². The minimum absolute atomic E-state index is 0.310. The van der Waals surface area contributed by atoms with Gasteiger partial charge in [0.25, 0.3) is 0 Å². The molecule has 1 aromatic heterocycles. The summed E-state index contributed by atoms with van der Waals surface area (Å²) in [6, 6.07) is 7.60. The molecule has 0 radical (unpaired) electrons. The number of para-hydroxylation sites is 1. The van der Waals surface area contributed by atoms with Gasteiger partial charge in [-0.25, -0.2) is 0 Å². The average molecular weight is 305 g/mol. The molecule has 1 heterocycles. The van der Waals surface area contributed by atoms with Crippen LogP contribution in [-0.2, 0) is 6.61 Å². The second-order valence-electron chi connectivity index (χ2n) is 5.29. The van der Waals surface area contributed by atoms with E-state index in [2.05, 4.69) is 5.10 Å². The van der Waals surface area contributed by atoms with Gasteiger partial charge in [0.1, 0.15) is 12.4 Å². The quantitative estimate of drug-likeness (QED) is 0.783. The van der Waals surface area contributed by atoms with Crippen LogP contribution in [-0.4, -0.2) is 16.1 Å². The van der Waals surface area contributed by atoms with Crippen molar-refractivity contribution in [2.45, 2.75) is 38.3 Å². The third kappa shape index (κ3) is 3.10. The van der Waals surface area contributed by atoms with Crippen LogP contribution in [0, 0.1) is 0 Å². The number of hydrogen-bond donors (Lipinski definition) is 0. The van der Waals surface area contributed by atoms with E-state index in [1.54, 1.807) is 18.2 Å². The van der Waals surface area contributed by atoms with Gasteiger partial charge < -0.3 is 4.74 Å². The van der Waals surface area contributed by atoms with Crippen LogP contribution in [0.5, 0.6) is 5.75 Å². The molecular formula is C16H17ClN2O2. The van der Waals surface area contributed by atoms with Crippen LogP contribution in [0.3, 0.4) is 0 Å². The van der Waals surface area contributed by atoms with Gasteiger partial charge in [0.2, 0.25) is 0 Å². The molecular weight excluding hydrogens is 288 g/mol. The highest BCUT2D eigenvalue weighted by atomic mass is 35.5. The molecule has 0 unspecified atom stereocenters. The first-order chi connectivity index (χ1) is 10.3. The van der Waals surface area contributed by atoms with E-state index in [1.807, 2.05) is 16.9 Å². The molecule has 0 N–H and O–H groups in total. The van der Waals surface area contributed by atoms with E-state index in [0.29, 0.717) is 29.0 Å². The Hall–Kier alpha value is -1.81. The number of nitrogens with zero attached hydrogens (tertiary/aromatic N) is 2. The smallest absolute Gasteiger partial charge is 0.153 e. The van der Waals surface area contributed by atoms with Gasteiger partial charge >= 0.3 is 0 Å². The van der Waals surface area contributed by atoms with E-state index in [1.165, 1.54) is 25.7 Å². The number of rotatable bonds is 5.